The number of nitrogens with zero attached hydrogens (tertiary/aromatic N) is 2. The smallest absolute Gasteiger partial charge is 0.257 e. The van der Waals surface area contributed by atoms with Crippen LogP contribution < -0.4 is 4.74 Å². The summed E-state index contributed by atoms with van der Waals surface area (Å²) in [5.74, 6) is 0.282. The molecule has 0 unspecified atom stereocenters. The first-order chi connectivity index (χ1) is 20.0. The number of amides is 2. The van der Waals surface area contributed by atoms with Gasteiger partial charge in [-0.3, -0.25) is 9.59 Å². The van der Waals surface area contributed by atoms with E-state index in [4.69, 9.17) is 4.74 Å². The zero-order chi connectivity index (χ0) is 28.7. The topological polar surface area (TPSA) is 49.9 Å². The number of ether oxygens (including phenoxy) is 1. The van der Waals surface area contributed by atoms with Gasteiger partial charge >= 0.3 is 0 Å². The molecule has 1 atom stereocenters. The van der Waals surface area contributed by atoms with Gasteiger partial charge in [0.1, 0.15) is 18.2 Å². The maximum atomic E-state index is 14.8. The van der Waals surface area contributed by atoms with Crippen molar-refractivity contribution < 1.29 is 18.7 Å². The summed E-state index contributed by atoms with van der Waals surface area (Å²) in [5.41, 5.74) is 1.71. The Bertz CT molecular complexity index is 1320. The Kier molecular flexibility index (Phi) is 9.38. The van der Waals surface area contributed by atoms with Crippen LogP contribution in [-0.4, -0.2) is 53.9 Å². The Morgan fingerprint density at radius 1 is 0.902 bits per heavy atom. The summed E-state index contributed by atoms with van der Waals surface area (Å²) in [7, 11) is 0. The van der Waals surface area contributed by atoms with Crippen LogP contribution in [0.25, 0.3) is 0 Å². The third-order valence-corrected chi connectivity index (χ3v) is 8.80. The molecule has 5 nitrogen and oxygen atoms in total. The van der Waals surface area contributed by atoms with Gasteiger partial charge in [-0.05, 0) is 80.8 Å². The van der Waals surface area contributed by atoms with Crippen LogP contribution in [0.1, 0.15) is 73.4 Å². The number of carbonyl (C=O) groups excluding carboxylic acids is 2. The second-order valence-corrected chi connectivity index (χ2v) is 11.4. The second-order valence-electron chi connectivity index (χ2n) is 11.4. The van der Waals surface area contributed by atoms with Gasteiger partial charge in [0, 0.05) is 19.6 Å². The molecule has 1 fully saturated rings. The molecule has 216 valence electrons. The van der Waals surface area contributed by atoms with Crippen LogP contribution in [-0.2, 0) is 16.6 Å². The van der Waals surface area contributed by atoms with Crippen LogP contribution in [0.3, 0.4) is 0 Å². The van der Waals surface area contributed by atoms with Gasteiger partial charge in [0.2, 0.25) is 5.91 Å². The summed E-state index contributed by atoms with van der Waals surface area (Å²) < 4.78 is 20.9. The highest BCUT2D eigenvalue weighted by molar-refractivity contribution is 5.97. The minimum Gasteiger partial charge on any atom is -0.491 e. The lowest BCUT2D eigenvalue weighted by molar-refractivity contribution is -0.140. The van der Waals surface area contributed by atoms with Crippen molar-refractivity contribution >= 4 is 11.8 Å². The predicted molar refractivity (Wildman–Crippen MR) is 160 cm³/mol. The summed E-state index contributed by atoms with van der Waals surface area (Å²) in [5, 5.41) is 0. The van der Waals surface area contributed by atoms with E-state index in [1.165, 1.54) is 6.07 Å². The van der Waals surface area contributed by atoms with Gasteiger partial charge in [-0.25, -0.2) is 4.39 Å². The van der Waals surface area contributed by atoms with Crippen molar-refractivity contribution in [2.45, 2.75) is 69.7 Å². The van der Waals surface area contributed by atoms with Crippen molar-refractivity contribution in [2.75, 3.05) is 26.2 Å². The highest BCUT2D eigenvalue weighted by Gasteiger charge is 2.46. The molecule has 3 aromatic carbocycles. The van der Waals surface area contributed by atoms with E-state index in [-0.39, 0.29) is 30.3 Å². The summed E-state index contributed by atoms with van der Waals surface area (Å²) in [4.78, 5) is 32.2. The predicted octanol–water partition coefficient (Wildman–Crippen LogP) is 6.80. The van der Waals surface area contributed by atoms with Crippen LogP contribution in [0, 0.1) is 5.82 Å². The van der Waals surface area contributed by atoms with Crippen LogP contribution in [0.2, 0.25) is 0 Å². The fourth-order valence-corrected chi connectivity index (χ4v) is 6.55. The molecule has 1 aliphatic heterocycles. The molecular formula is C35H41FN2O3. The van der Waals surface area contributed by atoms with E-state index in [1.54, 1.807) is 12.1 Å². The third kappa shape index (κ3) is 6.47. The van der Waals surface area contributed by atoms with E-state index in [2.05, 4.69) is 12.1 Å². The number of carbonyl (C=O) groups is 2. The van der Waals surface area contributed by atoms with Crippen molar-refractivity contribution in [2.24, 2.45) is 0 Å². The van der Waals surface area contributed by atoms with Crippen LogP contribution in [0.4, 0.5) is 4.39 Å². The average Bonchev–Trinajstić information content (AvgIpc) is 3.51. The quantitative estimate of drug-likeness (QED) is 0.347. The van der Waals surface area contributed by atoms with E-state index < -0.39 is 5.41 Å². The van der Waals surface area contributed by atoms with Crippen LogP contribution in [0.15, 0.2) is 78.9 Å². The highest BCUT2D eigenvalue weighted by Crippen LogP contribution is 2.43. The van der Waals surface area contributed by atoms with Gasteiger partial charge in [0.25, 0.3) is 5.91 Å². The summed E-state index contributed by atoms with van der Waals surface area (Å²) in [6.45, 7) is 4.15. The summed E-state index contributed by atoms with van der Waals surface area (Å²) in [6.07, 6.45) is 6.54. The second kappa shape index (κ2) is 13.3. The van der Waals surface area contributed by atoms with Gasteiger partial charge < -0.3 is 14.5 Å². The van der Waals surface area contributed by atoms with E-state index in [1.807, 2.05) is 65.3 Å². The van der Waals surface area contributed by atoms with Crippen molar-refractivity contribution in [3.05, 3.63) is 101 Å². The molecule has 0 aromatic heterocycles. The number of benzene rings is 3. The van der Waals surface area contributed by atoms with Crippen molar-refractivity contribution in [3.8, 4) is 5.75 Å². The lowest BCUT2D eigenvalue weighted by atomic mass is 9.77. The Labute approximate surface area is 243 Å². The fraction of sp³-hybridized carbons (Fsp3) is 0.429. The molecule has 3 aromatic rings. The molecule has 0 N–H and O–H groups in total. The molecule has 2 aliphatic rings. The standard InChI is InChI=1S/C35H41FN2O3/c1-2-37-22-11-4-12-23-38(34(40)35(20-9-10-21-35)28-16-13-17-29(36)25-28)30(24-27-14-5-3-6-15-27)26-41-32-19-8-7-18-31(32)33(37)39/h3,5-8,13-19,25,30H,2,4,9-12,20-24,26H2,1H3/t30-/m1/s1. The van der Waals surface area contributed by atoms with Crippen LogP contribution in [0.5, 0.6) is 5.75 Å². The van der Waals surface area contributed by atoms with Gasteiger partial charge in [0.15, 0.2) is 0 Å². The molecule has 5 rings (SSSR count). The minimum absolute atomic E-state index is 0.0223. The Morgan fingerprint density at radius 2 is 1.63 bits per heavy atom. The lowest BCUT2D eigenvalue weighted by Gasteiger charge is -2.39. The lowest BCUT2D eigenvalue weighted by Crippen LogP contribution is -2.53. The Balaban J connectivity index is 1.54. The normalized spacial score (nSPS) is 19.9. The van der Waals surface area contributed by atoms with Gasteiger partial charge in [-0.1, -0.05) is 67.4 Å². The van der Waals surface area contributed by atoms with Gasteiger partial charge in [-0.2, -0.15) is 0 Å². The molecule has 0 bridgehead atoms. The zero-order valence-electron chi connectivity index (χ0n) is 24.1. The Morgan fingerprint density at radius 3 is 2.39 bits per heavy atom. The van der Waals surface area contributed by atoms with E-state index in [9.17, 15) is 14.0 Å². The first-order valence-electron chi connectivity index (χ1n) is 15.1. The molecule has 1 saturated carbocycles. The molecule has 0 saturated heterocycles. The number of fused-ring (bicyclic) bond motifs is 1. The molecule has 0 spiro atoms. The molecular weight excluding hydrogens is 515 g/mol. The van der Waals surface area contributed by atoms with E-state index >= 15 is 0 Å². The zero-order valence-corrected chi connectivity index (χ0v) is 24.1. The van der Waals surface area contributed by atoms with Crippen molar-refractivity contribution in [3.63, 3.8) is 0 Å². The van der Waals surface area contributed by atoms with Crippen molar-refractivity contribution in [1.82, 2.24) is 9.80 Å². The highest BCUT2D eigenvalue weighted by atomic mass is 19.1. The average molecular weight is 557 g/mol. The van der Waals surface area contributed by atoms with Crippen LogP contribution >= 0.6 is 0 Å². The van der Waals surface area contributed by atoms with Crippen molar-refractivity contribution in [1.29, 1.82) is 0 Å². The van der Waals surface area contributed by atoms with Gasteiger partial charge in [-0.15, -0.1) is 0 Å². The molecule has 2 amide bonds. The summed E-state index contributed by atoms with van der Waals surface area (Å²) >= 11 is 0. The molecule has 0 radical (unpaired) electrons. The minimum atomic E-state index is -0.738. The monoisotopic (exact) mass is 556 g/mol. The fourth-order valence-electron chi connectivity index (χ4n) is 6.55. The maximum Gasteiger partial charge on any atom is 0.257 e. The van der Waals surface area contributed by atoms with E-state index in [0.29, 0.717) is 50.2 Å². The maximum absolute atomic E-state index is 14.8. The molecule has 1 heterocycles. The number of para-hydroxylation sites is 1. The Hall–Kier alpha value is -3.67. The number of hydrogen-bond donors (Lipinski definition) is 0. The number of hydrogen-bond acceptors (Lipinski definition) is 3. The summed E-state index contributed by atoms with van der Waals surface area (Å²) in [6, 6.07) is 24.0. The third-order valence-electron chi connectivity index (χ3n) is 8.80. The largest absolute Gasteiger partial charge is 0.491 e. The first kappa shape index (κ1) is 28.8. The van der Waals surface area contributed by atoms with Gasteiger partial charge in [0.05, 0.1) is 17.0 Å². The number of rotatable bonds is 5. The molecule has 41 heavy (non-hydrogen) atoms. The number of halogens is 1. The molecule has 1 aliphatic carbocycles. The first-order valence-corrected chi connectivity index (χ1v) is 15.1. The van der Waals surface area contributed by atoms with E-state index in [0.717, 1.165) is 43.2 Å². The molecule has 6 heteroatoms. The SMILES string of the molecule is CCN1CCCCCN(C(=O)C2(c3cccc(F)c3)CCCC2)[C@H](Cc2ccccc2)COc2ccccc2C1=O.